The maximum absolute atomic E-state index is 13.1. The van der Waals surface area contributed by atoms with E-state index in [0.717, 1.165) is 31.6 Å². The zero-order chi connectivity index (χ0) is 16.2. The van der Waals surface area contributed by atoms with E-state index in [-0.39, 0.29) is 11.7 Å². The lowest BCUT2D eigenvalue weighted by Crippen LogP contribution is -2.22. The van der Waals surface area contributed by atoms with Crippen molar-refractivity contribution >= 4 is 11.6 Å². The maximum Gasteiger partial charge on any atom is 0.221 e. The molecular formula is C19H21FN2O. The molecule has 0 aromatic heterocycles. The highest BCUT2D eigenvalue weighted by Crippen LogP contribution is 2.33. The van der Waals surface area contributed by atoms with Crippen LogP contribution in [0, 0.1) is 5.82 Å². The number of carbonyl (C=O) groups is 1. The van der Waals surface area contributed by atoms with Gasteiger partial charge in [-0.3, -0.25) is 9.69 Å². The molecule has 0 radical (unpaired) electrons. The normalized spacial score (nSPS) is 18.1. The fraction of sp³-hybridized carbons (Fsp3) is 0.316. The second-order valence-electron chi connectivity index (χ2n) is 6.06. The second kappa shape index (κ2) is 6.92. The van der Waals surface area contributed by atoms with Crippen LogP contribution in [0.25, 0.3) is 0 Å². The minimum Gasteiger partial charge on any atom is -0.326 e. The van der Waals surface area contributed by atoms with Crippen LogP contribution in [0.2, 0.25) is 0 Å². The van der Waals surface area contributed by atoms with E-state index in [1.807, 2.05) is 36.4 Å². The van der Waals surface area contributed by atoms with Crippen LogP contribution in [0.3, 0.4) is 0 Å². The zero-order valence-corrected chi connectivity index (χ0v) is 13.3. The Morgan fingerprint density at radius 1 is 1.17 bits per heavy atom. The van der Waals surface area contributed by atoms with E-state index < -0.39 is 0 Å². The monoisotopic (exact) mass is 312 g/mol. The Morgan fingerprint density at radius 3 is 2.52 bits per heavy atom. The van der Waals surface area contributed by atoms with Crippen LogP contribution in [-0.4, -0.2) is 17.4 Å². The highest BCUT2D eigenvalue weighted by atomic mass is 19.1. The molecule has 1 saturated heterocycles. The van der Waals surface area contributed by atoms with Gasteiger partial charge in [0, 0.05) is 25.2 Å². The highest BCUT2D eigenvalue weighted by Gasteiger charge is 2.25. The Bertz CT molecular complexity index is 667. The lowest BCUT2D eigenvalue weighted by atomic mass is 10.0. The first-order valence-electron chi connectivity index (χ1n) is 7.98. The first kappa shape index (κ1) is 15.7. The van der Waals surface area contributed by atoms with Crippen LogP contribution >= 0.6 is 0 Å². The van der Waals surface area contributed by atoms with Gasteiger partial charge in [-0.05, 0) is 54.8 Å². The van der Waals surface area contributed by atoms with E-state index in [1.165, 1.54) is 30.2 Å². The number of rotatable bonds is 4. The average Bonchev–Trinajstić information content (AvgIpc) is 2.98. The highest BCUT2D eigenvalue weighted by molar-refractivity contribution is 5.88. The van der Waals surface area contributed by atoms with E-state index >= 15 is 0 Å². The van der Waals surface area contributed by atoms with Crippen molar-refractivity contribution in [2.24, 2.45) is 0 Å². The molecule has 1 N–H and O–H groups in total. The summed E-state index contributed by atoms with van der Waals surface area (Å²) >= 11 is 0. The Labute approximate surface area is 136 Å². The third-order valence-electron chi connectivity index (χ3n) is 4.28. The van der Waals surface area contributed by atoms with Crippen LogP contribution in [0.4, 0.5) is 10.1 Å². The third kappa shape index (κ3) is 3.96. The summed E-state index contributed by atoms with van der Waals surface area (Å²) < 4.78 is 13.1. The number of nitrogens with zero attached hydrogens (tertiary/aromatic N) is 1. The Morgan fingerprint density at radius 2 is 1.87 bits per heavy atom. The molecule has 1 heterocycles. The number of amides is 1. The van der Waals surface area contributed by atoms with Gasteiger partial charge in [-0.1, -0.05) is 24.3 Å². The molecule has 3 nitrogen and oxygen atoms in total. The molecule has 0 bridgehead atoms. The molecule has 23 heavy (non-hydrogen) atoms. The topological polar surface area (TPSA) is 32.3 Å². The van der Waals surface area contributed by atoms with E-state index in [0.29, 0.717) is 6.04 Å². The molecule has 1 fully saturated rings. The number of nitrogens with one attached hydrogen (secondary N) is 1. The van der Waals surface area contributed by atoms with E-state index in [9.17, 15) is 9.18 Å². The molecule has 120 valence electrons. The van der Waals surface area contributed by atoms with Crippen molar-refractivity contribution in [3.05, 3.63) is 65.5 Å². The fourth-order valence-corrected chi connectivity index (χ4v) is 3.21. The largest absolute Gasteiger partial charge is 0.326 e. The van der Waals surface area contributed by atoms with Gasteiger partial charge in [0.25, 0.3) is 0 Å². The Kier molecular flexibility index (Phi) is 4.72. The Balaban J connectivity index is 1.68. The maximum atomic E-state index is 13.1. The standard InChI is InChI=1S/C19H21FN2O/c1-14(23)21-18-10-4-15(5-11-18)13-22-12-2-3-19(22)16-6-8-17(20)9-7-16/h4-11,19H,2-3,12-13H2,1H3,(H,21,23). The van der Waals surface area contributed by atoms with Crippen LogP contribution in [0.5, 0.6) is 0 Å². The number of halogens is 1. The Hall–Kier alpha value is -2.20. The van der Waals surface area contributed by atoms with E-state index in [1.54, 1.807) is 0 Å². The van der Waals surface area contributed by atoms with Crippen molar-refractivity contribution in [2.45, 2.75) is 32.4 Å². The molecule has 1 aliphatic heterocycles. The smallest absolute Gasteiger partial charge is 0.221 e. The van der Waals surface area contributed by atoms with Gasteiger partial charge in [0.1, 0.15) is 5.82 Å². The van der Waals surface area contributed by atoms with Gasteiger partial charge < -0.3 is 5.32 Å². The first-order chi connectivity index (χ1) is 11.1. The molecule has 1 aliphatic rings. The van der Waals surface area contributed by atoms with Gasteiger partial charge in [0.2, 0.25) is 5.91 Å². The third-order valence-corrected chi connectivity index (χ3v) is 4.28. The van der Waals surface area contributed by atoms with Crippen LogP contribution in [-0.2, 0) is 11.3 Å². The van der Waals surface area contributed by atoms with Crippen LogP contribution in [0.15, 0.2) is 48.5 Å². The van der Waals surface area contributed by atoms with Crippen molar-refractivity contribution in [3.8, 4) is 0 Å². The van der Waals surface area contributed by atoms with E-state index in [4.69, 9.17) is 0 Å². The summed E-state index contributed by atoms with van der Waals surface area (Å²) in [6.07, 6.45) is 2.27. The van der Waals surface area contributed by atoms with Crippen LogP contribution in [0.1, 0.15) is 36.9 Å². The summed E-state index contributed by atoms with van der Waals surface area (Å²) in [4.78, 5) is 13.5. The molecule has 0 spiro atoms. The molecule has 2 aromatic rings. The predicted octanol–water partition coefficient (Wildman–Crippen LogP) is 4.12. The van der Waals surface area contributed by atoms with Gasteiger partial charge in [0.05, 0.1) is 0 Å². The summed E-state index contributed by atoms with van der Waals surface area (Å²) in [5.74, 6) is -0.250. The molecule has 2 aromatic carbocycles. The van der Waals surface area contributed by atoms with Crippen molar-refractivity contribution in [2.75, 3.05) is 11.9 Å². The molecule has 1 unspecified atom stereocenters. The SMILES string of the molecule is CC(=O)Nc1ccc(CN2CCCC2c2ccc(F)cc2)cc1. The van der Waals surface area contributed by atoms with E-state index in [2.05, 4.69) is 10.2 Å². The number of likely N-dealkylation sites (tertiary alicyclic amines) is 1. The molecule has 0 aliphatic carbocycles. The summed E-state index contributed by atoms with van der Waals surface area (Å²) in [6.45, 7) is 3.42. The molecular weight excluding hydrogens is 291 g/mol. The second-order valence-corrected chi connectivity index (χ2v) is 6.06. The summed E-state index contributed by atoms with van der Waals surface area (Å²) in [7, 11) is 0. The molecule has 1 amide bonds. The zero-order valence-electron chi connectivity index (χ0n) is 13.3. The summed E-state index contributed by atoms with van der Waals surface area (Å²) in [5, 5.41) is 2.78. The fourth-order valence-electron chi connectivity index (χ4n) is 3.21. The number of benzene rings is 2. The number of carbonyl (C=O) groups excluding carboxylic acids is 1. The number of hydrogen-bond acceptors (Lipinski definition) is 2. The van der Waals surface area contributed by atoms with Gasteiger partial charge in [-0.2, -0.15) is 0 Å². The van der Waals surface area contributed by atoms with Gasteiger partial charge in [-0.15, -0.1) is 0 Å². The molecule has 3 rings (SSSR count). The lowest BCUT2D eigenvalue weighted by Gasteiger charge is -2.25. The number of anilines is 1. The minimum atomic E-state index is -0.188. The molecule has 0 saturated carbocycles. The molecule has 4 heteroatoms. The van der Waals surface area contributed by atoms with Gasteiger partial charge in [0.15, 0.2) is 0 Å². The number of hydrogen-bond donors (Lipinski definition) is 1. The van der Waals surface area contributed by atoms with Crippen molar-refractivity contribution in [3.63, 3.8) is 0 Å². The lowest BCUT2D eigenvalue weighted by molar-refractivity contribution is -0.114. The summed E-state index contributed by atoms with van der Waals surface area (Å²) in [6, 6.07) is 15.2. The van der Waals surface area contributed by atoms with Crippen molar-refractivity contribution in [1.29, 1.82) is 0 Å². The van der Waals surface area contributed by atoms with Crippen LogP contribution < -0.4 is 5.32 Å². The van der Waals surface area contributed by atoms with Crippen molar-refractivity contribution in [1.82, 2.24) is 4.90 Å². The van der Waals surface area contributed by atoms with Gasteiger partial charge in [-0.25, -0.2) is 4.39 Å². The van der Waals surface area contributed by atoms with Crippen molar-refractivity contribution < 1.29 is 9.18 Å². The van der Waals surface area contributed by atoms with Gasteiger partial charge >= 0.3 is 0 Å². The minimum absolute atomic E-state index is 0.0614. The molecule has 1 atom stereocenters. The quantitative estimate of drug-likeness (QED) is 0.921. The first-order valence-corrected chi connectivity index (χ1v) is 7.98. The average molecular weight is 312 g/mol. The summed E-state index contributed by atoms with van der Waals surface area (Å²) in [5.41, 5.74) is 3.21. The predicted molar refractivity (Wildman–Crippen MR) is 89.5 cm³/mol.